The molecule has 0 saturated carbocycles. The van der Waals surface area contributed by atoms with E-state index >= 15 is 0 Å². The summed E-state index contributed by atoms with van der Waals surface area (Å²) in [4.78, 5) is 7.66. The molecule has 166 valence electrons. The SMILES string of the molecule is CCc1cnn2c(Nc3ccc(S(=O)NCCN(C)C)cc3)cc(-c3ccccc3)nc12. The molecule has 0 aliphatic heterocycles. The monoisotopic (exact) mass is 448 g/mol. The lowest BCUT2D eigenvalue weighted by Crippen LogP contribution is -2.27. The third-order valence-corrected chi connectivity index (χ3v) is 6.29. The predicted molar refractivity (Wildman–Crippen MR) is 130 cm³/mol. The van der Waals surface area contributed by atoms with E-state index in [2.05, 4.69) is 39.1 Å². The minimum Gasteiger partial charge on any atom is -0.340 e. The maximum atomic E-state index is 12.4. The number of nitrogens with zero attached hydrogens (tertiary/aromatic N) is 4. The van der Waals surface area contributed by atoms with Gasteiger partial charge in [-0.3, -0.25) is 0 Å². The standard InChI is InChI=1S/C24H28N6OS/c1-4-18-17-25-30-23(16-22(28-24(18)30)19-8-6-5-7-9-19)27-20-10-12-21(13-11-20)32(31)26-14-15-29(2)3/h5-13,16-17,26-27H,4,14-15H2,1-3H3. The van der Waals surface area contributed by atoms with Crippen molar-refractivity contribution in [3.05, 3.63) is 72.4 Å². The second-order valence-corrected chi connectivity index (χ2v) is 9.06. The lowest BCUT2D eigenvalue weighted by Gasteiger charge is -2.12. The highest BCUT2D eigenvalue weighted by molar-refractivity contribution is 7.83. The van der Waals surface area contributed by atoms with Crippen LogP contribution < -0.4 is 10.0 Å². The number of hydrogen-bond donors (Lipinski definition) is 2. The van der Waals surface area contributed by atoms with Crippen molar-refractivity contribution < 1.29 is 4.21 Å². The number of anilines is 2. The molecule has 0 bridgehead atoms. The smallest absolute Gasteiger partial charge is 0.161 e. The fraction of sp³-hybridized carbons (Fsp3) is 0.250. The largest absolute Gasteiger partial charge is 0.340 e. The van der Waals surface area contributed by atoms with Crippen LogP contribution >= 0.6 is 0 Å². The normalized spacial score (nSPS) is 12.4. The Morgan fingerprint density at radius 1 is 1.06 bits per heavy atom. The highest BCUT2D eigenvalue weighted by atomic mass is 32.2. The molecule has 0 saturated heterocycles. The number of likely N-dealkylation sites (N-methyl/N-ethyl adjacent to an activating group) is 1. The fourth-order valence-corrected chi connectivity index (χ4v) is 4.19. The van der Waals surface area contributed by atoms with E-state index in [4.69, 9.17) is 4.98 Å². The van der Waals surface area contributed by atoms with E-state index in [1.165, 1.54) is 0 Å². The summed E-state index contributed by atoms with van der Waals surface area (Å²) in [5, 5.41) is 8.00. The zero-order chi connectivity index (χ0) is 22.5. The van der Waals surface area contributed by atoms with Crippen molar-refractivity contribution in [1.29, 1.82) is 0 Å². The van der Waals surface area contributed by atoms with Crippen LogP contribution in [0.5, 0.6) is 0 Å². The Kier molecular flexibility index (Phi) is 6.94. The van der Waals surface area contributed by atoms with Gasteiger partial charge in [0.25, 0.3) is 0 Å². The number of aromatic nitrogens is 3. The number of rotatable bonds is 9. The van der Waals surface area contributed by atoms with Crippen molar-refractivity contribution >= 4 is 28.1 Å². The summed E-state index contributed by atoms with van der Waals surface area (Å²) in [7, 11) is 2.75. The molecule has 2 heterocycles. The molecule has 4 rings (SSSR count). The van der Waals surface area contributed by atoms with E-state index in [-0.39, 0.29) is 0 Å². The minimum atomic E-state index is -1.24. The molecule has 0 fully saturated rings. The first-order valence-electron chi connectivity index (χ1n) is 10.7. The molecule has 0 aliphatic carbocycles. The molecule has 0 spiro atoms. The molecule has 0 radical (unpaired) electrons. The average Bonchev–Trinajstić information content (AvgIpc) is 3.23. The van der Waals surface area contributed by atoms with Crippen LogP contribution in [0.3, 0.4) is 0 Å². The van der Waals surface area contributed by atoms with E-state index in [0.717, 1.165) is 51.8 Å². The van der Waals surface area contributed by atoms with Gasteiger partial charge in [0.1, 0.15) is 16.8 Å². The highest BCUT2D eigenvalue weighted by Crippen LogP contribution is 2.26. The molecule has 4 aromatic rings. The van der Waals surface area contributed by atoms with Crippen LogP contribution in [0.15, 0.2) is 71.8 Å². The molecule has 1 atom stereocenters. The van der Waals surface area contributed by atoms with Crippen molar-refractivity contribution in [2.45, 2.75) is 18.2 Å². The van der Waals surface area contributed by atoms with Gasteiger partial charge in [-0.1, -0.05) is 37.3 Å². The summed E-state index contributed by atoms with van der Waals surface area (Å²) in [6, 6.07) is 19.7. The first kappa shape index (κ1) is 22.1. The third kappa shape index (κ3) is 5.04. The molecule has 7 nitrogen and oxygen atoms in total. The van der Waals surface area contributed by atoms with E-state index in [0.29, 0.717) is 6.54 Å². The molecule has 1 unspecified atom stereocenters. The van der Waals surface area contributed by atoms with Crippen LogP contribution in [0.2, 0.25) is 0 Å². The number of benzene rings is 2. The molecule has 2 aromatic heterocycles. The summed E-state index contributed by atoms with van der Waals surface area (Å²) in [5.74, 6) is 0.825. The van der Waals surface area contributed by atoms with Crippen LogP contribution in [0.4, 0.5) is 11.5 Å². The quantitative estimate of drug-likeness (QED) is 0.407. The number of fused-ring (bicyclic) bond motifs is 1. The zero-order valence-corrected chi connectivity index (χ0v) is 19.4. The molecular formula is C24H28N6OS. The molecule has 32 heavy (non-hydrogen) atoms. The zero-order valence-electron chi connectivity index (χ0n) is 18.6. The van der Waals surface area contributed by atoms with Crippen molar-refractivity contribution in [2.75, 3.05) is 32.5 Å². The Balaban J connectivity index is 1.60. The predicted octanol–water partition coefficient (Wildman–Crippen LogP) is 3.88. The van der Waals surface area contributed by atoms with E-state index < -0.39 is 11.0 Å². The number of aryl methyl sites for hydroxylation is 1. The van der Waals surface area contributed by atoms with Gasteiger partial charge in [0.05, 0.1) is 16.8 Å². The summed E-state index contributed by atoms with van der Waals surface area (Å²) in [6.45, 7) is 3.60. The summed E-state index contributed by atoms with van der Waals surface area (Å²) >= 11 is 0. The molecule has 8 heteroatoms. The van der Waals surface area contributed by atoms with Gasteiger partial charge in [0.15, 0.2) is 5.65 Å². The maximum Gasteiger partial charge on any atom is 0.161 e. The second-order valence-electron chi connectivity index (χ2n) is 7.77. The van der Waals surface area contributed by atoms with Crippen LogP contribution in [0.25, 0.3) is 16.9 Å². The lowest BCUT2D eigenvalue weighted by atomic mass is 10.1. The molecule has 2 N–H and O–H groups in total. The molecule has 0 aliphatic rings. The van der Waals surface area contributed by atoms with Gasteiger partial charge in [-0.15, -0.1) is 0 Å². The topological polar surface area (TPSA) is 74.6 Å². The van der Waals surface area contributed by atoms with E-state index in [9.17, 15) is 4.21 Å². The van der Waals surface area contributed by atoms with Crippen molar-refractivity contribution in [2.24, 2.45) is 0 Å². The average molecular weight is 449 g/mol. The molecule has 2 aromatic carbocycles. The summed E-state index contributed by atoms with van der Waals surface area (Å²) in [6.07, 6.45) is 2.73. The van der Waals surface area contributed by atoms with Gasteiger partial charge in [0.2, 0.25) is 0 Å². The van der Waals surface area contributed by atoms with Crippen molar-refractivity contribution in [3.8, 4) is 11.3 Å². The Morgan fingerprint density at radius 3 is 2.50 bits per heavy atom. The fourth-order valence-electron chi connectivity index (χ4n) is 3.36. The van der Waals surface area contributed by atoms with Crippen LogP contribution in [0.1, 0.15) is 12.5 Å². The first-order chi connectivity index (χ1) is 15.5. The second kappa shape index (κ2) is 10.0. The highest BCUT2D eigenvalue weighted by Gasteiger charge is 2.12. The first-order valence-corrected chi connectivity index (χ1v) is 11.8. The number of hydrogen-bond acceptors (Lipinski definition) is 5. The molecular weight excluding hydrogens is 420 g/mol. The van der Waals surface area contributed by atoms with Gasteiger partial charge in [-0.25, -0.2) is 13.9 Å². The van der Waals surface area contributed by atoms with Crippen molar-refractivity contribution in [3.63, 3.8) is 0 Å². The van der Waals surface area contributed by atoms with Gasteiger partial charge < -0.3 is 10.2 Å². The Bertz CT molecular complexity index is 1200. The Labute approximate surface area is 191 Å². The Morgan fingerprint density at radius 2 is 1.81 bits per heavy atom. The third-order valence-electron chi connectivity index (χ3n) is 5.13. The summed E-state index contributed by atoms with van der Waals surface area (Å²) in [5.41, 5.74) is 4.77. The summed E-state index contributed by atoms with van der Waals surface area (Å²) < 4.78 is 17.3. The van der Waals surface area contributed by atoms with Gasteiger partial charge in [0, 0.05) is 36.0 Å². The minimum absolute atomic E-state index is 0.663. The van der Waals surface area contributed by atoms with Gasteiger partial charge >= 0.3 is 0 Å². The lowest BCUT2D eigenvalue weighted by molar-refractivity contribution is 0.414. The Hall–Kier alpha value is -3.07. The van der Waals surface area contributed by atoms with Crippen molar-refractivity contribution in [1.82, 2.24) is 24.2 Å². The van der Waals surface area contributed by atoms with Gasteiger partial charge in [-0.05, 0) is 44.8 Å². The van der Waals surface area contributed by atoms with Gasteiger partial charge in [-0.2, -0.15) is 9.61 Å². The van der Waals surface area contributed by atoms with Crippen LogP contribution in [-0.2, 0) is 17.4 Å². The van der Waals surface area contributed by atoms with E-state index in [1.807, 2.05) is 73.3 Å². The molecule has 0 amide bonds. The maximum absolute atomic E-state index is 12.4. The van der Waals surface area contributed by atoms with Crippen LogP contribution in [-0.4, -0.2) is 50.9 Å². The van der Waals surface area contributed by atoms with E-state index in [1.54, 1.807) is 0 Å². The van der Waals surface area contributed by atoms with Crippen LogP contribution in [0, 0.1) is 0 Å². The number of nitrogens with one attached hydrogen (secondary N) is 2.